The van der Waals surface area contributed by atoms with Gasteiger partial charge in [0.15, 0.2) is 0 Å². The van der Waals surface area contributed by atoms with Crippen molar-refractivity contribution in [2.45, 2.75) is 366 Å². The zero-order valence-electron chi connectivity index (χ0n) is 48.0. The predicted octanol–water partition coefficient (Wildman–Crippen LogP) is 20.2. The second kappa shape index (κ2) is 60.9. The largest absolute Gasteiger partial charge is 0.466 e. The summed E-state index contributed by atoms with van der Waals surface area (Å²) >= 11 is 0. The van der Waals surface area contributed by atoms with Gasteiger partial charge in [-0.2, -0.15) is 0 Å². The van der Waals surface area contributed by atoms with E-state index in [0.29, 0.717) is 19.4 Å². The molecule has 2 unspecified atom stereocenters. The van der Waals surface area contributed by atoms with Crippen LogP contribution in [-0.4, -0.2) is 47.4 Å². The number of rotatable bonds is 60. The third kappa shape index (κ3) is 57.5. The Morgan fingerprint density at radius 3 is 1.00 bits per heavy atom. The van der Waals surface area contributed by atoms with Crippen molar-refractivity contribution in [1.82, 2.24) is 5.32 Å². The highest BCUT2D eigenvalue weighted by atomic mass is 16.5. The van der Waals surface area contributed by atoms with Crippen LogP contribution in [0.4, 0.5) is 0 Å². The summed E-state index contributed by atoms with van der Waals surface area (Å²) in [7, 11) is 0. The molecule has 0 heterocycles. The first kappa shape index (κ1) is 69.3. The van der Waals surface area contributed by atoms with Gasteiger partial charge in [-0.25, -0.2) is 0 Å². The molecule has 0 aliphatic rings. The maximum Gasteiger partial charge on any atom is 0.305 e. The molecule has 0 aromatic carbocycles. The Morgan fingerprint density at radius 1 is 0.380 bits per heavy atom. The van der Waals surface area contributed by atoms with Crippen molar-refractivity contribution in [2.24, 2.45) is 0 Å². The van der Waals surface area contributed by atoms with E-state index in [4.69, 9.17) is 4.74 Å². The number of allylic oxidation sites excluding steroid dienone is 3. The van der Waals surface area contributed by atoms with Gasteiger partial charge in [0.05, 0.1) is 25.4 Å². The highest BCUT2D eigenvalue weighted by Crippen LogP contribution is 2.18. The van der Waals surface area contributed by atoms with Crippen LogP contribution in [0.1, 0.15) is 354 Å². The van der Waals surface area contributed by atoms with Gasteiger partial charge in [-0.05, 0) is 57.8 Å². The van der Waals surface area contributed by atoms with Crippen LogP contribution in [0.5, 0.6) is 0 Å². The fourth-order valence-electron chi connectivity index (χ4n) is 10.0. The fourth-order valence-corrected chi connectivity index (χ4v) is 10.0. The van der Waals surface area contributed by atoms with E-state index >= 15 is 0 Å². The highest BCUT2D eigenvalue weighted by Gasteiger charge is 2.18. The molecule has 0 aliphatic carbocycles. The van der Waals surface area contributed by atoms with Gasteiger partial charge in [-0.3, -0.25) is 9.59 Å². The Labute approximate surface area is 443 Å². The number of aliphatic hydroxyl groups excluding tert-OH is 2. The lowest BCUT2D eigenvalue weighted by molar-refractivity contribution is -0.143. The van der Waals surface area contributed by atoms with E-state index < -0.39 is 12.1 Å². The van der Waals surface area contributed by atoms with Gasteiger partial charge in [0.25, 0.3) is 0 Å². The van der Waals surface area contributed by atoms with Crippen molar-refractivity contribution in [1.29, 1.82) is 0 Å². The number of carbonyl (C=O) groups excluding carboxylic acids is 2. The molecule has 0 bridgehead atoms. The third-order valence-corrected chi connectivity index (χ3v) is 15.0. The van der Waals surface area contributed by atoms with Gasteiger partial charge in [-0.1, -0.05) is 308 Å². The molecule has 6 heteroatoms. The monoisotopic (exact) mass is 1000 g/mol. The summed E-state index contributed by atoms with van der Waals surface area (Å²) in [6, 6.07) is -0.623. The van der Waals surface area contributed by atoms with Crippen molar-refractivity contribution in [2.75, 3.05) is 13.2 Å². The number of carbonyl (C=O) groups is 2. The van der Waals surface area contributed by atoms with Crippen LogP contribution in [0.3, 0.4) is 0 Å². The zero-order valence-corrected chi connectivity index (χ0v) is 48.0. The van der Waals surface area contributed by atoms with E-state index in [-0.39, 0.29) is 18.5 Å². The summed E-state index contributed by atoms with van der Waals surface area (Å²) in [5.41, 5.74) is 0. The molecule has 0 aromatic rings. The zero-order chi connectivity index (χ0) is 51.4. The summed E-state index contributed by atoms with van der Waals surface area (Å²) in [5.74, 6) is -0.0477. The molecule has 0 saturated heterocycles. The molecular formula is C65H125NO5. The van der Waals surface area contributed by atoms with Crippen molar-refractivity contribution in [3.8, 4) is 0 Å². The van der Waals surface area contributed by atoms with E-state index in [1.165, 1.54) is 289 Å². The molecule has 1 amide bonds. The molecule has 3 N–H and O–H groups in total. The Hall–Kier alpha value is -1.66. The van der Waals surface area contributed by atoms with Crippen LogP contribution in [0.25, 0.3) is 0 Å². The van der Waals surface area contributed by atoms with E-state index in [1.54, 1.807) is 6.08 Å². The van der Waals surface area contributed by atoms with Crippen LogP contribution in [0.15, 0.2) is 24.3 Å². The molecule has 71 heavy (non-hydrogen) atoms. The smallest absolute Gasteiger partial charge is 0.305 e. The molecule has 420 valence electrons. The molecule has 0 spiro atoms. The Balaban J connectivity index is 3.33. The molecule has 0 rings (SSSR count). The SMILES string of the molecule is CCCCCCCCC/C=C/C(O)C(CO)NC(=O)CCCCCCCCCCCCCCCCC/C=C\CCCCCCCCCCCCCCOC(=O)CCCCCCCCCCCCCCCC. The normalized spacial score (nSPS) is 12.7. The molecular weight excluding hydrogens is 875 g/mol. The summed E-state index contributed by atoms with van der Waals surface area (Å²) in [6.07, 6.45) is 75.4. The highest BCUT2D eigenvalue weighted by molar-refractivity contribution is 5.76. The van der Waals surface area contributed by atoms with Crippen molar-refractivity contribution in [3.05, 3.63) is 24.3 Å². The van der Waals surface area contributed by atoms with Crippen LogP contribution < -0.4 is 5.32 Å². The lowest BCUT2D eigenvalue weighted by atomic mass is 10.0. The number of ether oxygens (including phenoxy) is 1. The number of hydrogen-bond acceptors (Lipinski definition) is 5. The van der Waals surface area contributed by atoms with E-state index in [1.807, 2.05) is 6.08 Å². The Morgan fingerprint density at radius 2 is 0.662 bits per heavy atom. The molecule has 0 radical (unpaired) electrons. The van der Waals surface area contributed by atoms with E-state index in [2.05, 4.69) is 31.3 Å². The maximum atomic E-state index is 12.4. The summed E-state index contributed by atoms with van der Waals surface area (Å²) in [6.45, 7) is 4.90. The van der Waals surface area contributed by atoms with E-state index in [0.717, 1.165) is 38.5 Å². The van der Waals surface area contributed by atoms with Gasteiger partial charge >= 0.3 is 5.97 Å². The van der Waals surface area contributed by atoms with Crippen LogP contribution in [0.2, 0.25) is 0 Å². The maximum absolute atomic E-state index is 12.4. The minimum Gasteiger partial charge on any atom is -0.466 e. The lowest BCUT2D eigenvalue weighted by Gasteiger charge is -2.20. The number of esters is 1. The number of aliphatic hydroxyl groups is 2. The first-order valence-corrected chi connectivity index (χ1v) is 32.1. The van der Waals surface area contributed by atoms with Crippen molar-refractivity contribution < 1.29 is 24.5 Å². The summed E-state index contributed by atoms with van der Waals surface area (Å²) in [4.78, 5) is 24.4. The van der Waals surface area contributed by atoms with Gasteiger partial charge < -0.3 is 20.3 Å². The lowest BCUT2D eigenvalue weighted by Crippen LogP contribution is -2.45. The van der Waals surface area contributed by atoms with Crippen molar-refractivity contribution >= 4 is 11.9 Å². The fraction of sp³-hybridized carbons (Fsp3) is 0.908. The summed E-state index contributed by atoms with van der Waals surface area (Å²) < 4.78 is 5.49. The van der Waals surface area contributed by atoms with Crippen LogP contribution in [-0.2, 0) is 14.3 Å². The van der Waals surface area contributed by atoms with Gasteiger partial charge in [0.1, 0.15) is 0 Å². The van der Waals surface area contributed by atoms with E-state index in [9.17, 15) is 19.8 Å². The minimum atomic E-state index is -0.840. The Kier molecular flexibility index (Phi) is 59.5. The van der Waals surface area contributed by atoms with Crippen LogP contribution in [0, 0.1) is 0 Å². The average molecular weight is 1000 g/mol. The predicted molar refractivity (Wildman–Crippen MR) is 310 cm³/mol. The quantitative estimate of drug-likeness (QED) is 0.0320. The summed E-state index contributed by atoms with van der Waals surface area (Å²) in [5, 5.41) is 23.0. The van der Waals surface area contributed by atoms with Gasteiger partial charge in [-0.15, -0.1) is 0 Å². The number of amides is 1. The van der Waals surface area contributed by atoms with Gasteiger partial charge in [0, 0.05) is 12.8 Å². The molecule has 0 saturated carbocycles. The van der Waals surface area contributed by atoms with Gasteiger partial charge in [0.2, 0.25) is 5.91 Å². The van der Waals surface area contributed by atoms with Crippen LogP contribution >= 0.6 is 0 Å². The molecule has 0 aromatic heterocycles. The third-order valence-electron chi connectivity index (χ3n) is 15.0. The van der Waals surface area contributed by atoms with Crippen molar-refractivity contribution in [3.63, 3.8) is 0 Å². The Bertz CT molecular complexity index is 1110. The molecule has 0 aliphatic heterocycles. The molecule has 6 nitrogen and oxygen atoms in total. The average Bonchev–Trinajstić information content (AvgIpc) is 3.37. The molecule has 2 atom stereocenters. The first-order valence-electron chi connectivity index (χ1n) is 32.1. The second-order valence-corrected chi connectivity index (χ2v) is 22.1. The first-order chi connectivity index (χ1) is 35.0. The topological polar surface area (TPSA) is 95.9 Å². The number of hydrogen-bond donors (Lipinski definition) is 3. The molecule has 0 fully saturated rings. The second-order valence-electron chi connectivity index (χ2n) is 22.1. The standard InChI is InChI=1S/C65H125NO5/c1-3-5-7-9-11-13-14-15-36-39-43-47-51-55-59-65(70)71-60-56-52-48-44-40-37-34-32-30-28-26-24-22-20-18-16-17-19-21-23-25-27-29-31-33-35-38-42-46-50-54-58-64(69)66-62(61-67)63(68)57-53-49-45-41-12-10-8-6-4-2/h18,20,53,57,62-63,67-68H,3-17,19,21-52,54-56,58-61H2,1-2H3,(H,66,69)/b20-18-,57-53+. The minimum absolute atomic E-state index is 0.0198. The number of unbranched alkanes of at least 4 members (excludes halogenated alkanes) is 47. The number of nitrogens with one attached hydrogen (secondary N) is 1.